The number of fused-ring (bicyclic) bond motifs is 1. The van der Waals surface area contributed by atoms with Crippen molar-refractivity contribution in [1.29, 1.82) is 0 Å². The number of aromatic nitrogens is 3. The Morgan fingerprint density at radius 1 is 1.15 bits per heavy atom. The lowest BCUT2D eigenvalue weighted by molar-refractivity contribution is -0.142. The van der Waals surface area contributed by atoms with Gasteiger partial charge in [-0.3, -0.25) is 10.1 Å². The number of rotatable bonds is 4. The molecular weight excluding hydrogens is 475 g/mol. The number of nitrogens with one attached hydrogen (secondary N) is 1. The number of thiocarbonyl (C=S) groups is 1. The van der Waals surface area contributed by atoms with Crippen molar-refractivity contribution in [3.8, 4) is 22.8 Å². The van der Waals surface area contributed by atoms with E-state index < -0.39 is 17.8 Å². The average Bonchev–Trinajstić information content (AvgIpc) is 3.27. The number of hydrogen-bond donors (Lipinski definition) is 1. The van der Waals surface area contributed by atoms with Crippen molar-refractivity contribution < 1.29 is 32.2 Å². The second-order valence-corrected chi connectivity index (χ2v) is 7.63. The number of halogens is 3. The lowest BCUT2D eigenvalue weighted by Crippen LogP contribution is -2.47. The molecule has 0 spiro atoms. The number of methoxy groups -OCH3 is 2. The van der Waals surface area contributed by atoms with Crippen molar-refractivity contribution in [3.05, 3.63) is 41.7 Å². The van der Waals surface area contributed by atoms with Crippen LogP contribution in [0, 0.1) is 0 Å². The van der Waals surface area contributed by atoms with Crippen LogP contribution in [0.3, 0.4) is 0 Å². The first-order chi connectivity index (χ1) is 16.2. The molecule has 9 nitrogen and oxygen atoms in total. The summed E-state index contributed by atoms with van der Waals surface area (Å²) >= 11 is 5.27. The molecule has 180 valence electrons. The maximum atomic E-state index is 13.9. The van der Waals surface area contributed by atoms with Gasteiger partial charge in [-0.25, -0.2) is 9.50 Å². The summed E-state index contributed by atoms with van der Waals surface area (Å²) in [6.07, 6.45) is -3.72. The number of benzene rings is 1. The summed E-state index contributed by atoms with van der Waals surface area (Å²) in [6, 6.07) is 5.46. The Hall–Kier alpha value is -3.45. The molecule has 1 aliphatic heterocycles. The Morgan fingerprint density at radius 3 is 2.50 bits per heavy atom. The van der Waals surface area contributed by atoms with Gasteiger partial charge in [-0.2, -0.15) is 18.3 Å². The van der Waals surface area contributed by atoms with E-state index in [1.54, 1.807) is 17.0 Å². The molecule has 0 bridgehead atoms. The van der Waals surface area contributed by atoms with Crippen LogP contribution in [0.4, 0.5) is 13.2 Å². The fraction of sp³-hybridized carbons (Fsp3) is 0.333. The number of amides is 1. The normalized spacial score (nSPS) is 14.2. The molecule has 4 rings (SSSR count). The first-order valence-corrected chi connectivity index (χ1v) is 10.5. The van der Waals surface area contributed by atoms with Crippen LogP contribution in [0.25, 0.3) is 16.9 Å². The molecule has 2 aromatic heterocycles. The van der Waals surface area contributed by atoms with E-state index in [-0.39, 0.29) is 22.0 Å². The molecule has 3 heterocycles. The first-order valence-electron chi connectivity index (χ1n) is 10.1. The minimum Gasteiger partial charge on any atom is -0.493 e. The van der Waals surface area contributed by atoms with Crippen molar-refractivity contribution >= 4 is 28.9 Å². The molecule has 3 aromatic rings. The molecule has 1 fully saturated rings. The number of morpholine rings is 1. The molecule has 0 aliphatic carbocycles. The molecular formula is C21H20F3N5O4S. The third-order valence-electron chi connectivity index (χ3n) is 5.20. The zero-order valence-corrected chi connectivity index (χ0v) is 19.0. The van der Waals surface area contributed by atoms with Crippen LogP contribution in [0.15, 0.2) is 30.5 Å². The Bertz CT molecular complexity index is 1240. The van der Waals surface area contributed by atoms with Gasteiger partial charge in [-0.15, -0.1) is 0 Å². The van der Waals surface area contributed by atoms with Gasteiger partial charge < -0.3 is 19.1 Å². The van der Waals surface area contributed by atoms with Gasteiger partial charge in [0, 0.05) is 18.7 Å². The average molecular weight is 495 g/mol. The van der Waals surface area contributed by atoms with E-state index >= 15 is 0 Å². The van der Waals surface area contributed by atoms with E-state index in [0.29, 0.717) is 47.9 Å². The molecule has 0 atom stereocenters. The number of ether oxygens (including phenoxy) is 3. The monoisotopic (exact) mass is 495 g/mol. The van der Waals surface area contributed by atoms with Gasteiger partial charge in [0.2, 0.25) is 0 Å². The largest absolute Gasteiger partial charge is 0.493 e. The van der Waals surface area contributed by atoms with Crippen molar-refractivity contribution in [1.82, 2.24) is 24.8 Å². The van der Waals surface area contributed by atoms with Crippen LogP contribution in [0.1, 0.15) is 16.1 Å². The summed E-state index contributed by atoms with van der Waals surface area (Å²) in [5.41, 5.74) is -1.18. The summed E-state index contributed by atoms with van der Waals surface area (Å²) in [6.45, 7) is 1.90. The third kappa shape index (κ3) is 4.61. The quantitative estimate of drug-likeness (QED) is 0.553. The summed E-state index contributed by atoms with van der Waals surface area (Å²) in [7, 11) is 2.86. The van der Waals surface area contributed by atoms with E-state index in [4.69, 9.17) is 26.4 Å². The van der Waals surface area contributed by atoms with Crippen LogP contribution in [-0.2, 0) is 10.9 Å². The highest BCUT2D eigenvalue weighted by molar-refractivity contribution is 7.80. The van der Waals surface area contributed by atoms with E-state index in [9.17, 15) is 18.0 Å². The minimum atomic E-state index is -4.75. The third-order valence-corrected chi connectivity index (χ3v) is 5.57. The Morgan fingerprint density at radius 2 is 1.85 bits per heavy atom. The maximum absolute atomic E-state index is 13.9. The molecule has 0 saturated carbocycles. The topological polar surface area (TPSA) is 90.2 Å². The highest BCUT2D eigenvalue weighted by Gasteiger charge is 2.36. The Labute approximate surface area is 197 Å². The maximum Gasteiger partial charge on any atom is 0.433 e. The van der Waals surface area contributed by atoms with Crippen LogP contribution in [-0.4, -0.2) is 71.0 Å². The highest BCUT2D eigenvalue weighted by atomic mass is 32.1. The van der Waals surface area contributed by atoms with E-state index in [1.807, 2.05) is 0 Å². The van der Waals surface area contributed by atoms with Gasteiger partial charge in [-0.05, 0) is 36.5 Å². The lowest BCUT2D eigenvalue weighted by Gasteiger charge is -2.28. The second-order valence-electron chi connectivity index (χ2n) is 7.25. The lowest BCUT2D eigenvalue weighted by atomic mass is 10.1. The smallest absolute Gasteiger partial charge is 0.433 e. The van der Waals surface area contributed by atoms with E-state index in [2.05, 4.69) is 15.4 Å². The number of nitrogens with zero attached hydrogens (tertiary/aromatic N) is 4. The number of carbonyl (C=O) groups is 1. The van der Waals surface area contributed by atoms with Gasteiger partial charge >= 0.3 is 6.18 Å². The molecule has 0 unspecified atom stereocenters. The zero-order valence-electron chi connectivity index (χ0n) is 18.2. The highest BCUT2D eigenvalue weighted by Crippen LogP contribution is 2.35. The standard InChI is InChI=1S/C21H20F3N5O4S/c1-31-15-4-3-12(9-16(15)32-2)14-10-17(21(22,23)24)29-18(26-14)13(11-25-29)19(30)27-20(34)28-5-7-33-8-6-28/h3-4,9-11H,5-8H2,1-2H3,(H,27,30,34). The number of alkyl halides is 3. The van der Waals surface area contributed by atoms with Crippen molar-refractivity contribution in [2.75, 3.05) is 40.5 Å². The van der Waals surface area contributed by atoms with Gasteiger partial charge in [0.15, 0.2) is 28.0 Å². The fourth-order valence-electron chi connectivity index (χ4n) is 3.48. The van der Waals surface area contributed by atoms with E-state index in [0.717, 1.165) is 12.3 Å². The van der Waals surface area contributed by atoms with Crippen LogP contribution in [0.2, 0.25) is 0 Å². The SMILES string of the molecule is COc1ccc(-c2cc(C(F)(F)F)n3ncc(C(=O)NC(=S)N4CCOCC4)c3n2)cc1OC. The number of hydrogen-bond acceptors (Lipinski definition) is 7. The first kappa shape index (κ1) is 23.7. The Balaban J connectivity index is 1.77. The second kappa shape index (κ2) is 9.43. The van der Waals surface area contributed by atoms with Gasteiger partial charge in [0.1, 0.15) is 5.56 Å². The molecule has 1 N–H and O–H groups in total. The van der Waals surface area contributed by atoms with Crippen LogP contribution < -0.4 is 14.8 Å². The van der Waals surface area contributed by atoms with Crippen LogP contribution in [0.5, 0.6) is 11.5 Å². The van der Waals surface area contributed by atoms with Gasteiger partial charge in [-0.1, -0.05) is 0 Å². The van der Waals surface area contributed by atoms with E-state index in [1.165, 1.54) is 20.3 Å². The van der Waals surface area contributed by atoms with Crippen molar-refractivity contribution in [2.24, 2.45) is 0 Å². The summed E-state index contributed by atoms with van der Waals surface area (Å²) in [4.78, 5) is 19.0. The van der Waals surface area contributed by atoms with Crippen molar-refractivity contribution in [2.45, 2.75) is 6.18 Å². The van der Waals surface area contributed by atoms with Gasteiger partial charge in [0.05, 0.1) is 39.3 Å². The van der Waals surface area contributed by atoms with Crippen LogP contribution >= 0.6 is 12.2 Å². The summed E-state index contributed by atoms with van der Waals surface area (Å²) in [5.74, 6) is 0.0126. The minimum absolute atomic E-state index is 0.0221. The molecule has 1 aliphatic rings. The Kier molecular flexibility index (Phi) is 6.57. The number of carbonyl (C=O) groups excluding carboxylic acids is 1. The molecule has 1 amide bonds. The molecule has 13 heteroatoms. The van der Waals surface area contributed by atoms with Crippen molar-refractivity contribution in [3.63, 3.8) is 0 Å². The summed E-state index contributed by atoms with van der Waals surface area (Å²) < 4.78 is 57.9. The predicted octanol–water partition coefficient (Wildman–Crippen LogP) is 2.78. The molecule has 1 saturated heterocycles. The van der Waals surface area contributed by atoms with Gasteiger partial charge in [0.25, 0.3) is 5.91 Å². The molecule has 0 radical (unpaired) electrons. The summed E-state index contributed by atoms with van der Waals surface area (Å²) in [5, 5.41) is 6.47. The predicted molar refractivity (Wildman–Crippen MR) is 119 cm³/mol. The molecule has 1 aromatic carbocycles. The fourth-order valence-corrected chi connectivity index (χ4v) is 3.75. The molecule has 34 heavy (non-hydrogen) atoms. The zero-order chi connectivity index (χ0) is 24.5.